The van der Waals surface area contributed by atoms with Crippen molar-refractivity contribution >= 4 is 11.3 Å². The molecule has 0 bridgehead atoms. The van der Waals surface area contributed by atoms with E-state index < -0.39 is 0 Å². The summed E-state index contributed by atoms with van der Waals surface area (Å²) in [6.45, 7) is 12.2. The van der Waals surface area contributed by atoms with Crippen LogP contribution in [0.25, 0.3) is 0 Å². The van der Waals surface area contributed by atoms with E-state index in [1.165, 1.54) is 28.4 Å². The number of nitrogens with zero attached hydrogens (tertiary/aromatic N) is 1. The van der Waals surface area contributed by atoms with E-state index >= 15 is 0 Å². The van der Waals surface area contributed by atoms with Crippen LogP contribution in [0, 0.1) is 5.92 Å². The maximum absolute atomic E-state index is 4.89. The molecule has 0 radical (unpaired) electrons. The summed E-state index contributed by atoms with van der Waals surface area (Å²) in [7, 11) is 0. The second-order valence-electron chi connectivity index (χ2n) is 6.89. The Morgan fingerprint density at radius 1 is 1.33 bits per heavy atom. The van der Waals surface area contributed by atoms with Crippen molar-refractivity contribution in [1.29, 1.82) is 0 Å². The molecular formula is C15H26N2S. The van der Waals surface area contributed by atoms with Crippen molar-refractivity contribution in [2.45, 2.75) is 71.9 Å². The Bertz CT molecular complexity index is 397. The van der Waals surface area contributed by atoms with Crippen molar-refractivity contribution < 1.29 is 0 Å². The van der Waals surface area contributed by atoms with E-state index in [1.54, 1.807) is 0 Å². The molecule has 1 saturated carbocycles. The van der Waals surface area contributed by atoms with Crippen molar-refractivity contribution in [3.63, 3.8) is 0 Å². The highest BCUT2D eigenvalue weighted by atomic mass is 32.1. The van der Waals surface area contributed by atoms with Crippen molar-refractivity contribution in [2.24, 2.45) is 5.92 Å². The molecule has 0 spiro atoms. The minimum Gasteiger partial charge on any atom is -0.307 e. The average molecular weight is 266 g/mol. The van der Waals surface area contributed by atoms with Crippen LogP contribution in [0.4, 0.5) is 0 Å². The van der Waals surface area contributed by atoms with Gasteiger partial charge >= 0.3 is 0 Å². The van der Waals surface area contributed by atoms with Crippen LogP contribution in [0.15, 0.2) is 0 Å². The van der Waals surface area contributed by atoms with Gasteiger partial charge in [-0.2, -0.15) is 0 Å². The quantitative estimate of drug-likeness (QED) is 0.867. The topological polar surface area (TPSA) is 24.9 Å². The zero-order valence-corrected chi connectivity index (χ0v) is 13.2. The molecule has 0 saturated heterocycles. The SMILES string of the molecule is CC(C)Cc1nc(C2CC2)c(CNC(C)(C)C)s1. The van der Waals surface area contributed by atoms with Crippen LogP contribution in [-0.4, -0.2) is 10.5 Å². The molecule has 1 aromatic rings. The summed E-state index contributed by atoms with van der Waals surface area (Å²) in [5.74, 6) is 1.46. The number of nitrogens with one attached hydrogen (secondary N) is 1. The standard InChI is InChI=1S/C15H26N2S/c1-10(2)8-13-17-14(11-6-7-11)12(18-13)9-16-15(3,4)5/h10-11,16H,6-9H2,1-5H3. The summed E-state index contributed by atoms with van der Waals surface area (Å²) >= 11 is 1.92. The summed E-state index contributed by atoms with van der Waals surface area (Å²) in [6, 6.07) is 0. The minimum atomic E-state index is 0.184. The minimum absolute atomic E-state index is 0.184. The molecule has 102 valence electrons. The van der Waals surface area contributed by atoms with Gasteiger partial charge in [0.15, 0.2) is 0 Å². The molecule has 1 N–H and O–H groups in total. The Labute approximate surface area is 115 Å². The fraction of sp³-hybridized carbons (Fsp3) is 0.800. The highest BCUT2D eigenvalue weighted by Gasteiger charge is 2.29. The Balaban J connectivity index is 2.09. The summed E-state index contributed by atoms with van der Waals surface area (Å²) < 4.78 is 0. The Hall–Kier alpha value is -0.410. The lowest BCUT2D eigenvalue weighted by Crippen LogP contribution is -2.35. The number of rotatable bonds is 5. The number of hydrogen-bond acceptors (Lipinski definition) is 3. The lowest BCUT2D eigenvalue weighted by molar-refractivity contribution is 0.425. The summed E-state index contributed by atoms with van der Waals surface area (Å²) in [5, 5.41) is 4.93. The van der Waals surface area contributed by atoms with Gasteiger partial charge in [-0.15, -0.1) is 11.3 Å². The fourth-order valence-electron chi connectivity index (χ4n) is 2.00. The first-order chi connectivity index (χ1) is 8.35. The van der Waals surface area contributed by atoms with Crippen LogP contribution < -0.4 is 5.32 Å². The van der Waals surface area contributed by atoms with E-state index in [-0.39, 0.29) is 5.54 Å². The maximum atomic E-state index is 4.89. The van der Waals surface area contributed by atoms with Gasteiger partial charge in [0.1, 0.15) is 0 Å². The normalized spacial score (nSPS) is 16.6. The van der Waals surface area contributed by atoms with Crippen LogP contribution in [0.2, 0.25) is 0 Å². The Morgan fingerprint density at radius 2 is 2.00 bits per heavy atom. The number of thiazole rings is 1. The molecule has 2 rings (SSSR count). The zero-order valence-electron chi connectivity index (χ0n) is 12.3. The van der Waals surface area contributed by atoms with E-state index in [0.29, 0.717) is 5.92 Å². The smallest absolute Gasteiger partial charge is 0.0934 e. The largest absolute Gasteiger partial charge is 0.307 e. The van der Waals surface area contributed by atoms with Gasteiger partial charge in [-0.1, -0.05) is 13.8 Å². The van der Waals surface area contributed by atoms with Gasteiger partial charge in [0.05, 0.1) is 10.7 Å². The van der Waals surface area contributed by atoms with Gasteiger partial charge < -0.3 is 5.32 Å². The second kappa shape index (κ2) is 5.30. The van der Waals surface area contributed by atoms with Gasteiger partial charge in [-0.05, 0) is 39.5 Å². The highest BCUT2D eigenvalue weighted by Crippen LogP contribution is 2.43. The molecule has 0 amide bonds. The third-order valence-corrected chi connectivity index (χ3v) is 4.19. The molecule has 1 fully saturated rings. The average Bonchev–Trinajstić information content (AvgIpc) is 2.97. The predicted octanol–water partition coefficient (Wildman–Crippen LogP) is 4.11. The lowest BCUT2D eigenvalue weighted by atomic mass is 10.1. The first-order valence-electron chi connectivity index (χ1n) is 7.08. The van der Waals surface area contributed by atoms with Crippen molar-refractivity contribution in [1.82, 2.24) is 10.3 Å². The lowest BCUT2D eigenvalue weighted by Gasteiger charge is -2.20. The molecule has 1 heterocycles. The summed E-state index contributed by atoms with van der Waals surface area (Å²) in [5.41, 5.74) is 1.58. The van der Waals surface area contributed by atoms with E-state index in [4.69, 9.17) is 4.98 Å². The third-order valence-electron chi connectivity index (χ3n) is 3.10. The molecule has 0 aliphatic heterocycles. The van der Waals surface area contributed by atoms with Crippen LogP contribution in [0.5, 0.6) is 0 Å². The molecular weight excluding hydrogens is 240 g/mol. The Morgan fingerprint density at radius 3 is 2.50 bits per heavy atom. The first kappa shape index (κ1) is 14.0. The molecule has 1 aromatic heterocycles. The van der Waals surface area contributed by atoms with E-state index in [9.17, 15) is 0 Å². The maximum Gasteiger partial charge on any atom is 0.0934 e. The van der Waals surface area contributed by atoms with Gasteiger partial charge in [-0.3, -0.25) is 0 Å². The van der Waals surface area contributed by atoms with Crippen LogP contribution in [0.3, 0.4) is 0 Å². The second-order valence-corrected chi connectivity index (χ2v) is 8.06. The van der Waals surface area contributed by atoms with E-state index in [0.717, 1.165) is 18.9 Å². The molecule has 1 aliphatic rings. The molecule has 0 aromatic carbocycles. The molecule has 18 heavy (non-hydrogen) atoms. The van der Waals surface area contributed by atoms with Crippen molar-refractivity contribution in [2.75, 3.05) is 0 Å². The van der Waals surface area contributed by atoms with Gasteiger partial charge in [0.2, 0.25) is 0 Å². The van der Waals surface area contributed by atoms with Crippen molar-refractivity contribution in [3.8, 4) is 0 Å². The first-order valence-corrected chi connectivity index (χ1v) is 7.90. The van der Waals surface area contributed by atoms with E-state index in [2.05, 4.69) is 39.9 Å². The van der Waals surface area contributed by atoms with Crippen LogP contribution in [-0.2, 0) is 13.0 Å². The molecule has 0 atom stereocenters. The number of hydrogen-bond donors (Lipinski definition) is 1. The van der Waals surface area contributed by atoms with E-state index in [1.807, 2.05) is 11.3 Å². The molecule has 0 unspecified atom stereocenters. The van der Waals surface area contributed by atoms with Gasteiger partial charge in [-0.25, -0.2) is 4.98 Å². The highest BCUT2D eigenvalue weighted by molar-refractivity contribution is 7.11. The van der Waals surface area contributed by atoms with Gasteiger partial charge in [0.25, 0.3) is 0 Å². The third kappa shape index (κ3) is 4.06. The summed E-state index contributed by atoms with van der Waals surface area (Å²) in [4.78, 5) is 6.37. The zero-order chi connectivity index (χ0) is 13.3. The number of aromatic nitrogens is 1. The molecule has 2 nitrogen and oxygen atoms in total. The Kier molecular flexibility index (Phi) is 4.12. The van der Waals surface area contributed by atoms with Gasteiger partial charge in [0, 0.05) is 29.3 Å². The summed E-state index contributed by atoms with van der Waals surface area (Å²) in [6.07, 6.45) is 3.81. The molecule has 1 aliphatic carbocycles. The van der Waals surface area contributed by atoms with Crippen LogP contribution >= 0.6 is 11.3 Å². The predicted molar refractivity (Wildman–Crippen MR) is 79.2 cm³/mol. The fourth-order valence-corrected chi connectivity index (χ4v) is 3.30. The monoisotopic (exact) mass is 266 g/mol. The molecule has 3 heteroatoms. The van der Waals surface area contributed by atoms with Crippen LogP contribution in [0.1, 0.15) is 69.0 Å². The van der Waals surface area contributed by atoms with Crippen molar-refractivity contribution in [3.05, 3.63) is 15.6 Å².